The molecule has 0 bridgehead atoms. The quantitative estimate of drug-likeness (QED) is 0.895. The van der Waals surface area contributed by atoms with E-state index < -0.39 is 23.2 Å². The van der Waals surface area contributed by atoms with E-state index in [0.29, 0.717) is 0 Å². The molecule has 18 heavy (non-hydrogen) atoms. The van der Waals surface area contributed by atoms with Crippen LogP contribution in [-0.4, -0.2) is 11.7 Å². The lowest BCUT2D eigenvalue weighted by molar-refractivity contribution is -0.138. The number of hydrogen-bond acceptors (Lipinski definition) is 2. The summed E-state index contributed by atoms with van der Waals surface area (Å²) in [6.07, 6.45) is -4.43. The average molecular weight is 284 g/mol. The van der Waals surface area contributed by atoms with Gasteiger partial charge in [0.25, 0.3) is 0 Å². The van der Waals surface area contributed by atoms with Gasteiger partial charge in [0.2, 0.25) is 0 Å². The molecule has 1 aromatic rings. The van der Waals surface area contributed by atoms with E-state index in [4.69, 9.17) is 10.8 Å². The number of nitrogens with two attached hydrogens (primary N) is 1. The molecule has 0 aliphatic heterocycles. The molecule has 1 aromatic carbocycles. The maximum absolute atomic E-state index is 12.8. The molecule has 6 heteroatoms. The third-order valence-corrected chi connectivity index (χ3v) is 2.85. The van der Waals surface area contributed by atoms with Crippen molar-refractivity contribution in [1.29, 1.82) is 0 Å². The molecule has 0 saturated heterocycles. The Bertz CT molecular complexity index is 393. The first kappa shape index (κ1) is 17.2. The molecule has 0 spiro atoms. The van der Waals surface area contributed by atoms with E-state index in [1.807, 2.05) is 0 Å². The number of aliphatic hydroxyl groups excluding tert-OH is 1. The fraction of sp³-hybridized carbons (Fsp3) is 0.500. The van der Waals surface area contributed by atoms with Crippen LogP contribution in [0.1, 0.15) is 31.0 Å². The van der Waals surface area contributed by atoms with E-state index in [9.17, 15) is 13.2 Å². The molecule has 0 aromatic heterocycles. The monoisotopic (exact) mass is 283 g/mol. The first-order valence-electron chi connectivity index (χ1n) is 5.22. The molecule has 0 aliphatic rings. The topological polar surface area (TPSA) is 46.2 Å². The summed E-state index contributed by atoms with van der Waals surface area (Å²) in [7, 11) is 0. The molecular weight excluding hydrogens is 267 g/mol. The van der Waals surface area contributed by atoms with Gasteiger partial charge in [-0.05, 0) is 11.6 Å². The van der Waals surface area contributed by atoms with Crippen LogP contribution in [0.15, 0.2) is 24.3 Å². The van der Waals surface area contributed by atoms with Crippen molar-refractivity contribution in [3.63, 3.8) is 0 Å². The van der Waals surface area contributed by atoms with Crippen molar-refractivity contribution < 1.29 is 18.3 Å². The summed E-state index contributed by atoms with van der Waals surface area (Å²) in [4.78, 5) is 0. The number of rotatable bonds is 3. The van der Waals surface area contributed by atoms with Crippen molar-refractivity contribution in [2.75, 3.05) is 6.61 Å². The van der Waals surface area contributed by atoms with Crippen LogP contribution in [-0.2, 0) is 6.18 Å². The van der Waals surface area contributed by atoms with Gasteiger partial charge >= 0.3 is 6.18 Å². The van der Waals surface area contributed by atoms with Crippen molar-refractivity contribution in [1.82, 2.24) is 0 Å². The highest BCUT2D eigenvalue weighted by molar-refractivity contribution is 5.85. The van der Waals surface area contributed by atoms with Crippen LogP contribution in [0.4, 0.5) is 13.2 Å². The predicted molar refractivity (Wildman–Crippen MR) is 66.5 cm³/mol. The van der Waals surface area contributed by atoms with E-state index in [2.05, 4.69) is 0 Å². The Kier molecular flexibility index (Phi) is 5.65. The Morgan fingerprint density at radius 1 is 1.22 bits per heavy atom. The molecule has 1 atom stereocenters. The summed E-state index contributed by atoms with van der Waals surface area (Å²) in [5, 5.41) is 9.16. The summed E-state index contributed by atoms with van der Waals surface area (Å²) in [5.41, 5.74) is 4.29. The van der Waals surface area contributed by atoms with Gasteiger partial charge < -0.3 is 10.8 Å². The second kappa shape index (κ2) is 5.91. The van der Waals surface area contributed by atoms with Crippen molar-refractivity contribution in [3.05, 3.63) is 35.4 Å². The van der Waals surface area contributed by atoms with E-state index >= 15 is 0 Å². The number of benzene rings is 1. The number of aliphatic hydroxyl groups is 1. The largest absolute Gasteiger partial charge is 0.416 e. The minimum absolute atomic E-state index is 0. The molecule has 0 unspecified atom stereocenters. The molecule has 0 fully saturated rings. The van der Waals surface area contributed by atoms with E-state index in [1.165, 1.54) is 18.2 Å². The number of halogens is 4. The predicted octanol–water partition coefficient (Wildman–Crippen LogP) is 3.15. The zero-order chi connectivity index (χ0) is 13.3. The maximum atomic E-state index is 12.8. The van der Waals surface area contributed by atoms with Gasteiger partial charge in [-0.3, -0.25) is 0 Å². The van der Waals surface area contributed by atoms with E-state index in [0.717, 1.165) is 6.07 Å². The molecule has 0 amide bonds. The highest BCUT2D eigenvalue weighted by Gasteiger charge is 2.37. The average Bonchev–Trinajstić information content (AvgIpc) is 2.27. The van der Waals surface area contributed by atoms with Crippen LogP contribution in [0.2, 0.25) is 0 Å². The summed E-state index contributed by atoms with van der Waals surface area (Å²) in [6, 6.07) is 4.32. The van der Waals surface area contributed by atoms with Gasteiger partial charge in [-0.15, -0.1) is 12.4 Å². The van der Waals surface area contributed by atoms with Crippen LogP contribution in [0.5, 0.6) is 0 Å². The van der Waals surface area contributed by atoms with Gasteiger partial charge in [0, 0.05) is 18.1 Å². The molecule has 1 rings (SSSR count). The lowest BCUT2D eigenvalue weighted by Gasteiger charge is -2.31. The zero-order valence-corrected chi connectivity index (χ0v) is 11.0. The molecular formula is C12H17ClF3NO. The Morgan fingerprint density at radius 2 is 1.72 bits per heavy atom. The summed E-state index contributed by atoms with van der Waals surface area (Å²) >= 11 is 0. The summed E-state index contributed by atoms with van der Waals surface area (Å²) in [6.45, 7) is 2.98. The Morgan fingerprint density at radius 3 is 2.17 bits per heavy atom. The Balaban J connectivity index is 0.00000289. The first-order chi connectivity index (χ1) is 7.70. The van der Waals surface area contributed by atoms with Gasteiger partial charge in [0.15, 0.2) is 0 Å². The van der Waals surface area contributed by atoms with Gasteiger partial charge in [-0.25, -0.2) is 0 Å². The molecule has 0 radical (unpaired) electrons. The molecule has 0 saturated carbocycles. The Labute approximate surface area is 110 Å². The molecule has 0 aliphatic carbocycles. The zero-order valence-electron chi connectivity index (χ0n) is 10.2. The van der Waals surface area contributed by atoms with Crippen molar-refractivity contribution in [3.8, 4) is 0 Å². The Hall–Kier alpha value is -0.780. The van der Waals surface area contributed by atoms with Crippen molar-refractivity contribution in [2.24, 2.45) is 11.1 Å². The molecule has 3 N–H and O–H groups in total. The van der Waals surface area contributed by atoms with Crippen molar-refractivity contribution in [2.45, 2.75) is 26.1 Å². The third-order valence-electron chi connectivity index (χ3n) is 2.85. The van der Waals surface area contributed by atoms with Crippen LogP contribution < -0.4 is 5.73 Å². The fourth-order valence-electron chi connectivity index (χ4n) is 1.55. The summed E-state index contributed by atoms with van der Waals surface area (Å²) < 4.78 is 38.3. The van der Waals surface area contributed by atoms with E-state index in [1.54, 1.807) is 13.8 Å². The van der Waals surface area contributed by atoms with Crippen LogP contribution >= 0.6 is 12.4 Å². The van der Waals surface area contributed by atoms with Gasteiger partial charge in [0.05, 0.1) is 5.56 Å². The smallest absolute Gasteiger partial charge is 0.396 e. The fourth-order valence-corrected chi connectivity index (χ4v) is 1.55. The minimum atomic E-state index is -4.43. The van der Waals surface area contributed by atoms with E-state index in [-0.39, 0.29) is 24.6 Å². The van der Waals surface area contributed by atoms with Crippen LogP contribution in [0.3, 0.4) is 0 Å². The standard InChI is InChI=1S/C12H16F3NO.ClH/c1-11(2,7-17)10(16)8-5-3-4-6-9(8)12(13,14)15;/h3-6,10,17H,7,16H2,1-2H3;1H/t10-;/m0./s1. The lowest BCUT2D eigenvalue weighted by atomic mass is 9.80. The van der Waals surface area contributed by atoms with Crippen LogP contribution in [0, 0.1) is 5.41 Å². The minimum Gasteiger partial charge on any atom is -0.396 e. The second-order valence-corrected chi connectivity index (χ2v) is 4.71. The third kappa shape index (κ3) is 3.60. The van der Waals surface area contributed by atoms with Gasteiger partial charge in [0.1, 0.15) is 0 Å². The number of hydrogen-bond donors (Lipinski definition) is 2. The normalized spacial score (nSPS) is 13.9. The molecule has 0 heterocycles. The SMILES string of the molecule is CC(C)(CO)[C@@H](N)c1ccccc1C(F)(F)F.Cl. The summed E-state index contributed by atoms with van der Waals surface area (Å²) in [5.74, 6) is 0. The highest BCUT2D eigenvalue weighted by atomic mass is 35.5. The first-order valence-corrected chi connectivity index (χ1v) is 5.22. The van der Waals surface area contributed by atoms with Crippen LogP contribution in [0.25, 0.3) is 0 Å². The molecule has 2 nitrogen and oxygen atoms in total. The highest BCUT2D eigenvalue weighted by Crippen LogP contribution is 2.39. The van der Waals surface area contributed by atoms with Gasteiger partial charge in [-0.1, -0.05) is 32.0 Å². The van der Waals surface area contributed by atoms with Crippen molar-refractivity contribution >= 4 is 12.4 Å². The second-order valence-electron chi connectivity index (χ2n) is 4.71. The van der Waals surface area contributed by atoms with Gasteiger partial charge in [-0.2, -0.15) is 13.2 Å². The maximum Gasteiger partial charge on any atom is 0.416 e. The molecule has 104 valence electrons. The lowest BCUT2D eigenvalue weighted by Crippen LogP contribution is -2.33. The number of alkyl halides is 3.